The van der Waals surface area contributed by atoms with E-state index in [1.807, 2.05) is 36.4 Å². The van der Waals surface area contributed by atoms with E-state index in [9.17, 15) is 0 Å². The van der Waals surface area contributed by atoms with Gasteiger partial charge in [-0.15, -0.1) is 0 Å². The largest absolute Gasteiger partial charge is 0.493 e. The highest BCUT2D eigenvalue weighted by Gasteiger charge is 2.03. The Morgan fingerprint density at radius 3 is 2.72 bits per heavy atom. The van der Waals surface area contributed by atoms with Crippen LogP contribution in [0.3, 0.4) is 0 Å². The molecule has 1 heterocycles. The Bertz CT molecular complexity index is 576. The molecule has 1 aromatic heterocycles. The van der Waals surface area contributed by atoms with Gasteiger partial charge in [0.15, 0.2) is 11.5 Å². The number of pyridine rings is 1. The third-order valence-electron chi connectivity index (χ3n) is 2.40. The van der Waals surface area contributed by atoms with Crippen molar-refractivity contribution in [1.29, 1.82) is 5.26 Å². The molecule has 0 unspecified atom stereocenters. The van der Waals surface area contributed by atoms with Crippen LogP contribution < -0.4 is 9.47 Å². The van der Waals surface area contributed by atoms with E-state index in [2.05, 4.69) is 4.98 Å². The average molecular weight is 240 g/mol. The van der Waals surface area contributed by atoms with Crippen molar-refractivity contribution in [2.45, 2.75) is 6.61 Å². The molecule has 90 valence electrons. The van der Waals surface area contributed by atoms with Crippen LogP contribution in [0.25, 0.3) is 0 Å². The molecule has 0 N–H and O–H groups in total. The number of hydrogen-bond donors (Lipinski definition) is 0. The number of benzene rings is 1. The number of hydrogen-bond acceptors (Lipinski definition) is 4. The Labute approximate surface area is 105 Å². The van der Waals surface area contributed by atoms with E-state index in [0.29, 0.717) is 23.8 Å². The molecule has 0 bridgehead atoms. The van der Waals surface area contributed by atoms with E-state index in [0.717, 1.165) is 5.56 Å². The average Bonchev–Trinajstić information content (AvgIpc) is 2.45. The maximum absolute atomic E-state index is 8.76. The van der Waals surface area contributed by atoms with Crippen LogP contribution in [0.1, 0.15) is 11.3 Å². The molecule has 0 atom stereocenters. The number of nitriles is 1. The molecule has 4 nitrogen and oxygen atoms in total. The lowest BCUT2D eigenvalue weighted by molar-refractivity contribution is 0.284. The van der Waals surface area contributed by atoms with Crippen LogP contribution in [-0.4, -0.2) is 12.1 Å². The number of ether oxygens (including phenoxy) is 2. The molecule has 2 rings (SSSR count). The summed E-state index contributed by atoms with van der Waals surface area (Å²) in [6.45, 7) is 0.373. The summed E-state index contributed by atoms with van der Waals surface area (Å²) in [5.41, 5.74) is 1.28. The SMILES string of the molecule is COc1ccccc1OCc1ccnc(C#N)c1. The van der Waals surface area contributed by atoms with E-state index in [-0.39, 0.29) is 0 Å². The summed E-state index contributed by atoms with van der Waals surface area (Å²) in [4.78, 5) is 3.91. The maximum atomic E-state index is 8.76. The van der Waals surface area contributed by atoms with E-state index < -0.39 is 0 Å². The second-order valence-corrected chi connectivity index (χ2v) is 3.60. The van der Waals surface area contributed by atoms with E-state index in [1.165, 1.54) is 0 Å². The third kappa shape index (κ3) is 2.77. The predicted octanol–water partition coefficient (Wildman–Crippen LogP) is 2.54. The van der Waals surface area contributed by atoms with Crippen molar-refractivity contribution in [3.05, 3.63) is 53.9 Å². The summed E-state index contributed by atoms with van der Waals surface area (Å²) >= 11 is 0. The molecule has 18 heavy (non-hydrogen) atoms. The Hall–Kier alpha value is -2.54. The molecule has 1 aromatic carbocycles. The first-order valence-electron chi connectivity index (χ1n) is 5.44. The molecule has 0 aliphatic carbocycles. The molecule has 0 aliphatic heterocycles. The quantitative estimate of drug-likeness (QED) is 0.824. The van der Waals surface area contributed by atoms with Crippen molar-refractivity contribution >= 4 is 0 Å². The number of rotatable bonds is 4. The van der Waals surface area contributed by atoms with Gasteiger partial charge < -0.3 is 9.47 Å². The van der Waals surface area contributed by atoms with Crippen molar-refractivity contribution in [3.8, 4) is 17.6 Å². The lowest BCUT2D eigenvalue weighted by atomic mass is 10.2. The smallest absolute Gasteiger partial charge is 0.161 e. The van der Waals surface area contributed by atoms with Crippen molar-refractivity contribution in [3.63, 3.8) is 0 Å². The standard InChI is InChI=1S/C14H12N2O2/c1-17-13-4-2-3-5-14(13)18-10-11-6-7-16-12(8-11)9-15/h2-8H,10H2,1H3. The minimum Gasteiger partial charge on any atom is -0.493 e. The zero-order valence-electron chi connectivity index (χ0n) is 9.96. The van der Waals surface area contributed by atoms with Crippen molar-refractivity contribution in [2.75, 3.05) is 7.11 Å². The first-order valence-corrected chi connectivity index (χ1v) is 5.44. The molecule has 0 saturated heterocycles. The summed E-state index contributed by atoms with van der Waals surface area (Å²) < 4.78 is 10.8. The molecule has 0 radical (unpaired) electrons. The van der Waals surface area contributed by atoms with Crippen molar-refractivity contribution in [1.82, 2.24) is 4.98 Å². The molecule has 4 heteroatoms. The Morgan fingerprint density at radius 2 is 2.00 bits per heavy atom. The first-order chi connectivity index (χ1) is 8.83. The van der Waals surface area contributed by atoms with Crippen LogP contribution in [0.5, 0.6) is 11.5 Å². The van der Waals surface area contributed by atoms with Crippen molar-refractivity contribution in [2.24, 2.45) is 0 Å². The fourth-order valence-corrected chi connectivity index (χ4v) is 1.52. The van der Waals surface area contributed by atoms with E-state index >= 15 is 0 Å². The fourth-order valence-electron chi connectivity index (χ4n) is 1.52. The van der Waals surface area contributed by atoms with Crippen LogP contribution in [0, 0.1) is 11.3 Å². The summed E-state index contributed by atoms with van der Waals surface area (Å²) in [6.07, 6.45) is 1.60. The molecule has 0 fully saturated rings. The second-order valence-electron chi connectivity index (χ2n) is 3.60. The number of methoxy groups -OCH3 is 1. The molecule has 2 aromatic rings. The first kappa shape index (κ1) is 11.9. The lowest BCUT2D eigenvalue weighted by Gasteiger charge is -2.10. The van der Waals surface area contributed by atoms with Crippen LogP contribution in [0.2, 0.25) is 0 Å². The van der Waals surface area contributed by atoms with Gasteiger partial charge in [0.25, 0.3) is 0 Å². The fraction of sp³-hybridized carbons (Fsp3) is 0.143. The van der Waals surface area contributed by atoms with E-state index in [4.69, 9.17) is 14.7 Å². The monoisotopic (exact) mass is 240 g/mol. The molecular weight excluding hydrogens is 228 g/mol. The van der Waals surface area contributed by atoms with Gasteiger partial charge in [0.2, 0.25) is 0 Å². The second kappa shape index (κ2) is 5.69. The van der Waals surface area contributed by atoms with Gasteiger partial charge in [-0.25, -0.2) is 4.98 Å². The number of nitrogens with zero attached hydrogens (tertiary/aromatic N) is 2. The predicted molar refractivity (Wildman–Crippen MR) is 66.3 cm³/mol. The Kier molecular flexibility index (Phi) is 3.77. The zero-order valence-corrected chi connectivity index (χ0v) is 9.96. The highest BCUT2D eigenvalue weighted by atomic mass is 16.5. The zero-order chi connectivity index (χ0) is 12.8. The third-order valence-corrected chi connectivity index (χ3v) is 2.40. The summed E-state index contributed by atoms with van der Waals surface area (Å²) in [6, 6.07) is 13.0. The van der Waals surface area contributed by atoms with Gasteiger partial charge in [-0.1, -0.05) is 12.1 Å². The Morgan fingerprint density at radius 1 is 1.22 bits per heavy atom. The maximum Gasteiger partial charge on any atom is 0.161 e. The van der Waals surface area contributed by atoms with Gasteiger partial charge in [-0.05, 0) is 29.8 Å². The van der Waals surface area contributed by atoms with Gasteiger partial charge in [-0.3, -0.25) is 0 Å². The highest BCUT2D eigenvalue weighted by molar-refractivity contribution is 5.39. The van der Waals surface area contributed by atoms with E-state index in [1.54, 1.807) is 19.4 Å². The van der Waals surface area contributed by atoms with Crippen molar-refractivity contribution < 1.29 is 9.47 Å². The summed E-state index contributed by atoms with van der Waals surface area (Å²) in [7, 11) is 1.60. The summed E-state index contributed by atoms with van der Waals surface area (Å²) in [5, 5.41) is 8.76. The minimum atomic E-state index is 0.373. The topological polar surface area (TPSA) is 55.1 Å². The molecule has 0 saturated carbocycles. The number of aromatic nitrogens is 1. The van der Waals surface area contributed by atoms with Crippen LogP contribution >= 0.6 is 0 Å². The molecule has 0 aliphatic rings. The Balaban J connectivity index is 2.09. The van der Waals surface area contributed by atoms with Crippen LogP contribution in [-0.2, 0) is 6.61 Å². The summed E-state index contributed by atoms with van der Waals surface area (Å²) in [5.74, 6) is 1.36. The number of para-hydroxylation sites is 2. The van der Waals surface area contributed by atoms with Gasteiger partial charge in [-0.2, -0.15) is 5.26 Å². The molecule has 0 amide bonds. The van der Waals surface area contributed by atoms with Gasteiger partial charge in [0.05, 0.1) is 7.11 Å². The molecular formula is C14H12N2O2. The highest BCUT2D eigenvalue weighted by Crippen LogP contribution is 2.26. The van der Waals surface area contributed by atoms with Gasteiger partial charge >= 0.3 is 0 Å². The van der Waals surface area contributed by atoms with Gasteiger partial charge in [0.1, 0.15) is 18.4 Å². The lowest BCUT2D eigenvalue weighted by Crippen LogP contribution is -1.98. The molecule has 0 spiro atoms. The van der Waals surface area contributed by atoms with Crippen LogP contribution in [0.15, 0.2) is 42.6 Å². The normalized spacial score (nSPS) is 9.56. The van der Waals surface area contributed by atoms with Gasteiger partial charge in [0, 0.05) is 6.20 Å². The van der Waals surface area contributed by atoms with Crippen LogP contribution in [0.4, 0.5) is 0 Å². The minimum absolute atomic E-state index is 0.373.